The molecule has 1 aromatic carbocycles. The number of benzene rings is 1. The van der Waals surface area contributed by atoms with Gasteiger partial charge in [-0.05, 0) is 56.4 Å². The third-order valence-electron chi connectivity index (χ3n) is 5.33. The summed E-state index contributed by atoms with van der Waals surface area (Å²) < 4.78 is 0. The van der Waals surface area contributed by atoms with Gasteiger partial charge in [-0.2, -0.15) is 0 Å². The van der Waals surface area contributed by atoms with Crippen LogP contribution in [0.3, 0.4) is 0 Å². The van der Waals surface area contributed by atoms with E-state index in [0.717, 1.165) is 17.9 Å². The van der Waals surface area contributed by atoms with Crippen LogP contribution >= 0.6 is 0 Å². The van der Waals surface area contributed by atoms with Crippen LogP contribution in [-0.4, -0.2) is 6.04 Å². The Hall–Kier alpha value is -0.820. The first-order chi connectivity index (χ1) is 9.76. The standard InChI is InChI=1S/C19H29N/c1-3-19(16-9-7-14(2)8-10-16)20-18-6-4-5-17(13-18)15-11-12-15/h7-10,15,17-20H,3-6,11-13H2,1-2H3. The molecule has 2 aliphatic carbocycles. The van der Waals surface area contributed by atoms with Crippen LogP contribution in [0.5, 0.6) is 0 Å². The van der Waals surface area contributed by atoms with Gasteiger partial charge in [0.2, 0.25) is 0 Å². The molecule has 0 bridgehead atoms. The fourth-order valence-electron chi connectivity index (χ4n) is 3.91. The van der Waals surface area contributed by atoms with Crippen molar-refractivity contribution in [3.8, 4) is 0 Å². The lowest BCUT2D eigenvalue weighted by atomic mass is 9.82. The van der Waals surface area contributed by atoms with E-state index in [2.05, 4.69) is 43.4 Å². The molecule has 0 radical (unpaired) electrons. The summed E-state index contributed by atoms with van der Waals surface area (Å²) in [5, 5.41) is 3.95. The van der Waals surface area contributed by atoms with Crippen molar-refractivity contribution in [2.24, 2.45) is 11.8 Å². The van der Waals surface area contributed by atoms with Gasteiger partial charge in [-0.3, -0.25) is 0 Å². The summed E-state index contributed by atoms with van der Waals surface area (Å²) in [5.41, 5.74) is 2.82. The predicted octanol–water partition coefficient (Wildman–Crippen LogP) is 5.00. The molecule has 0 aliphatic heterocycles. The van der Waals surface area contributed by atoms with Crippen molar-refractivity contribution < 1.29 is 0 Å². The second-order valence-corrected chi connectivity index (χ2v) is 7.00. The second kappa shape index (κ2) is 6.30. The lowest BCUT2D eigenvalue weighted by Gasteiger charge is -2.33. The van der Waals surface area contributed by atoms with Crippen molar-refractivity contribution in [1.29, 1.82) is 0 Å². The van der Waals surface area contributed by atoms with E-state index in [0.29, 0.717) is 6.04 Å². The van der Waals surface area contributed by atoms with Crippen LogP contribution in [0.4, 0.5) is 0 Å². The number of nitrogens with one attached hydrogen (secondary N) is 1. The monoisotopic (exact) mass is 271 g/mol. The van der Waals surface area contributed by atoms with E-state index in [-0.39, 0.29) is 0 Å². The fourth-order valence-corrected chi connectivity index (χ4v) is 3.91. The zero-order valence-corrected chi connectivity index (χ0v) is 13.1. The van der Waals surface area contributed by atoms with Gasteiger partial charge in [0.15, 0.2) is 0 Å². The Labute approximate surface area is 124 Å². The first-order valence-electron chi connectivity index (χ1n) is 8.59. The summed E-state index contributed by atoms with van der Waals surface area (Å²) in [6, 6.07) is 10.4. The van der Waals surface area contributed by atoms with Gasteiger partial charge >= 0.3 is 0 Å². The normalized spacial score (nSPS) is 28.3. The Kier molecular flexibility index (Phi) is 4.45. The molecule has 1 heteroatoms. The molecule has 0 heterocycles. The van der Waals surface area contributed by atoms with Gasteiger partial charge in [-0.1, -0.05) is 49.6 Å². The molecule has 3 atom stereocenters. The van der Waals surface area contributed by atoms with Crippen LogP contribution in [0.15, 0.2) is 24.3 Å². The van der Waals surface area contributed by atoms with Crippen LogP contribution in [0.2, 0.25) is 0 Å². The van der Waals surface area contributed by atoms with Gasteiger partial charge in [0, 0.05) is 12.1 Å². The number of rotatable bonds is 5. The van der Waals surface area contributed by atoms with E-state index in [1.807, 2.05) is 0 Å². The Morgan fingerprint density at radius 3 is 2.45 bits per heavy atom. The fraction of sp³-hybridized carbons (Fsp3) is 0.684. The summed E-state index contributed by atoms with van der Waals surface area (Å²) >= 11 is 0. The van der Waals surface area contributed by atoms with E-state index in [1.165, 1.54) is 56.1 Å². The molecule has 20 heavy (non-hydrogen) atoms. The van der Waals surface area contributed by atoms with Gasteiger partial charge in [0.05, 0.1) is 0 Å². The van der Waals surface area contributed by atoms with Crippen molar-refractivity contribution in [3.05, 3.63) is 35.4 Å². The Morgan fingerprint density at radius 2 is 1.80 bits per heavy atom. The molecular weight excluding hydrogens is 242 g/mol. The Bertz CT molecular complexity index is 418. The van der Waals surface area contributed by atoms with Crippen LogP contribution in [0, 0.1) is 18.8 Å². The molecular formula is C19H29N. The highest BCUT2D eigenvalue weighted by Gasteiger charge is 2.35. The minimum atomic E-state index is 0.540. The smallest absolute Gasteiger partial charge is 0.0320 e. The zero-order valence-electron chi connectivity index (χ0n) is 13.1. The largest absolute Gasteiger partial charge is 0.307 e. The molecule has 0 spiro atoms. The van der Waals surface area contributed by atoms with Gasteiger partial charge in [0.25, 0.3) is 0 Å². The molecule has 2 saturated carbocycles. The molecule has 3 rings (SSSR count). The number of aryl methyl sites for hydroxylation is 1. The van der Waals surface area contributed by atoms with Crippen LogP contribution in [0.1, 0.15) is 69.0 Å². The Balaban J connectivity index is 1.60. The van der Waals surface area contributed by atoms with Crippen LogP contribution < -0.4 is 5.32 Å². The van der Waals surface area contributed by atoms with Crippen molar-refractivity contribution in [3.63, 3.8) is 0 Å². The van der Waals surface area contributed by atoms with E-state index >= 15 is 0 Å². The van der Waals surface area contributed by atoms with E-state index in [9.17, 15) is 0 Å². The maximum atomic E-state index is 3.95. The average molecular weight is 271 g/mol. The maximum Gasteiger partial charge on any atom is 0.0320 e. The first-order valence-corrected chi connectivity index (χ1v) is 8.59. The zero-order chi connectivity index (χ0) is 13.9. The second-order valence-electron chi connectivity index (χ2n) is 7.00. The third kappa shape index (κ3) is 3.44. The molecule has 2 fully saturated rings. The molecule has 0 aromatic heterocycles. The van der Waals surface area contributed by atoms with E-state index in [1.54, 1.807) is 0 Å². The van der Waals surface area contributed by atoms with Gasteiger partial charge < -0.3 is 5.32 Å². The van der Waals surface area contributed by atoms with E-state index < -0.39 is 0 Å². The van der Waals surface area contributed by atoms with Gasteiger partial charge in [0.1, 0.15) is 0 Å². The van der Waals surface area contributed by atoms with Crippen molar-refractivity contribution in [2.45, 2.75) is 70.9 Å². The van der Waals surface area contributed by atoms with E-state index in [4.69, 9.17) is 0 Å². The van der Waals surface area contributed by atoms with Gasteiger partial charge in [-0.25, -0.2) is 0 Å². The molecule has 1 nitrogen and oxygen atoms in total. The first kappa shape index (κ1) is 14.1. The molecule has 0 saturated heterocycles. The molecule has 2 aliphatic rings. The molecule has 1 aromatic rings. The van der Waals surface area contributed by atoms with Crippen LogP contribution in [-0.2, 0) is 0 Å². The lowest BCUT2D eigenvalue weighted by Crippen LogP contribution is -2.37. The predicted molar refractivity (Wildman–Crippen MR) is 85.8 cm³/mol. The highest BCUT2D eigenvalue weighted by atomic mass is 15.0. The topological polar surface area (TPSA) is 12.0 Å². The summed E-state index contributed by atoms with van der Waals surface area (Å²) in [6.07, 6.45) is 9.93. The summed E-state index contributed by atoms with van der Waals surface area (Å²) in [5.74, 6) is 2.11. The third-order valence-corrected chi connectivity index (χ3v) is 5.33. The summed E-state index contributed by atoms with van der Waals surface area (Å²) in [6.45, 7) is 4.47. The Morgan fingerprint density at radius 1 is 1.05 bits per heavy atom. The molecule has 110 valence electrons. The SMILES string of the molecule is CCC(NC1CCCC(C2CC2)C1)c1ccc(C)cc1. The number of hydrogen-bond acceptors (Lipinski definition) is 1. The minimum Gasteiger partial charge on any atom is -0.307 e. The quantitative estimate of drug-likeness (QED) is 0.794. The molecule has 3 unspecified atom stereocenters. The highest BCUT2D eigenvalue weighted by Crippen LogP contribution is 2.44. The van der Waals surface area contributed by atoms with Crippen molar-refractivity contribution >= 4 is 0 Å². The van der Waals surface area contributed by atoms with Crippen molar-refractivity contribution in [2.75, 3.05) is 0 Å². The number of hydrogen-bond donors (Lipinski definition) is 1. The van der Waals surface area contributed by atoms with Crippen LogP contribution in [0.25, 0.3) is 0 Å². The van der Waals surface area contributed by atoms with Gasteiger partial charge in [-0.15, -0.1) is 0 Å². The molecule has 1 N–H and O–H groups in total. The minimum absolute atomic E-state index is 0.540. The highest BCUT2D eigenvalue weighted by molar-refractivity contribution is 5.24. The molecule has 0 amide bonds. The lowest BCUT2D eigenvalue weighted by molar-refractivity contribution is 0.244. The van der Waals surface area contributed by atoms with Crippen molar-refractivity contribution in [1.82, 2.24) is 5.32 Å². The summed E-state index contributed by atoms with van der Waals surface area (Å²) in [7, 11) is 0. The summed E-state index contributed by atoms with van der Waals surface area (Å²) in [4.78, 5) is 0. The average Bonchev–Trinajstić information content (AvgIpc) is 3.31. The maximum absolute atomic E-state index is 3.95.